The van der Waals surface area contributed by atoms with E-state index in [4.69, 9.17) is 16.3 Å². The van der Waals surface area contributed by atoms with Gasteiger partial charge in [-0.25, -0.2) is 17.9 Å². The first-order valence-corrected chi connectivity index (χ1v) is 15.1. The second kappa shape index (κ2) is 12.1. The highest BCUT2D eigenvalue weighted by Gasteiger charge is 2.43. The number of sulfonamides is 1. The summed E-state index contributed by atoms with van der Waals surface area (Å²) < 4.78 is 34.2. The molecule has 2 atom stereocenters. The lowest BCUT2D eigenvalue weighted by Crippen LogP contribution is -2.38. The number of nitrogens with one attached hydrogen (secondary N) is 1. The topological polar surface area (TPSA) is 110 Å². The number of rotatable bonds is 9. The van der Waals surface area contributed by atoms with E-state index < -0.39 is 45.3 Å². The van der Waals surface area contributed by atoms with Gasteiger partial charge in [0.2, 0.25) is 15.8 Å². The molecule has 2 aliphatic carbocycles. The minimum Gasteiger partial charge on any atom is -0.510 e. The van der Waals surface area contributed by atoms with Gasteiger partial charge in [-0.1, -0.05) is 75.8 Å². The molecule has 9 heteroatoms. The van der Waals surface area contributed by atoms with Gasteiger partial charge in [-0.15, -0.1) is 0 Å². The number of carbonyl (C=O) groups excluding carboxylic acids is 2. The summed E-state index contributed by atoms with van der Waals surface area (Å²) in [6.45, 7) is 0. The molecule has 0 aromatic heterocycles. The van der Waals surface area contributed by atoms with Gasteiger partial charge in [0.25, 0.3) is 0 Å². The number of cyclic esters (lactones) is 1. The van der Waals surface area contributed by atoms with Crippen LogP contribution < -0.4 is 4.72 Å². The number of aliphatic hydroxyl groups excluding tert-OH is 1. The molecule has 1 aromatic carbocycles. The summed E-state index contributed by atoms with van der Waals surface area (Å²) in [6.07, 6.45) is 11.4. The van der Waals surface area contributed by atoms with Crippen molar-refractivity contribution < 1.29 is 27.9 Å². The minimum atomic E-state index is -4.04. The lowest BCUT2D eigenvalue weighted by atomic mass is 9.84. The fourth-order valence-corrected chi connectivity index (χ4v) is 7.15. The Kier molecular flexibility index (Phi) is 9.12. The number of ketones is 1. The van der Waals surface area contributed by atoms with Crippen LogP contribution in [0.3, 0.4) is 0 Å². The quantitative estimate of drug-likeness (QED) is 0.183. The Morgan fingerprint density at radius 3 is 2.17 bits per heavy atom. The SMILES string of the molecule is O=C1OC(CC2CCCCC2)C(=O)C1=C(O)C(CCC1CCCCC1)NS(=O)(=O)c1ccc(Cl)cc1. The first-order valence-electron chi connectivity index (χ1n) is 13.2. The largest absolute Gasteiger partial charge is 0.510 e. The Morgan fingerprint density at radius 1 is 0.972 bits per heavy atom. The average Bonchev–Trinajstić information content (AvgIpc) is 3.15. The van der Waals surface area contributed by atoms with Crippen molar-refractivity contribution in [3.05, 3.63) is 40.6 Å². The molecular weight excluding hydrogens is 502 g/mol. The molecule has 0 bridgehead atoms. The highest BCUT2D eigenvalue weighted by molar-refractivity contribution is 7.89. The van der Waals surface area contributed by atoms with Crippen LogP contribution in [-0.4, -0.2) is 37.4 Å². The monoisotopic (exact) mass is 537 g/mol. The fourth-order valence-electron chi connectivity index (χ4n) is 5.79. The highest BCUT2D eigenvalue weighted by Crippen LogP contribution is 2.33. The van der Waals surface area contributed by atoms with E-state index in [0.717, 1.165) is 51.4 Å². The number of Topliss-reactive ketones (excluding diaryl/α,β-unsaturated/α-hetero) is 1. The van der Waals surface area contributed by atoms with E-state index >= 15 is 0 Å². The minimum absolute atomic E-state index is 0.0112. The Balaban J connectivity index is 1.56. The van der Waals surface area contributed by atoms with Crippen LogP contribution in [0.1, 0.15) is 83.5 Å². The third kappa shape index (κ3) is 6.69. The zero-order valence-corrected chi connectivity index (χ0v) is 22.2. The molecule has 36 heavy (non-hydrogen) atoms. The van der Waals surface area contributed by atoms with Crippen molar-refractivity contribution in [2.24, 2.45) is 11.8 Å². The predicted molar refractivity (Wildman–Crippen MR) is 137 cm³/mol. The molecule has 1 aliphatic heterocycles. The number of hydrogen-bond acceptors (Lipinski definition) is 6. The summed E-state index contributed by atoms with van der Waals surface area (Å²) in [5.74, 6) is -1.22. The molecular formula is C27H36ClNO6S. The molecule has 2 unspecified atom stereocenters. The van der Waals surface area contributed by atoms with E-state index in [1.807, 2.05) is 0 Å². The Bertz CT molecular complexity index is 1070. The number of benzene rings is 1. The summed E-state index contributed by atoms with van der Waals surface area (Å²) in [5, 5.41) is 11.6. The predicted octanol–water partition coefficient (Wildman–Crippen LogP) is 5.62. The van der Waals surface area contributed by atoms with Crippen molar-refractivity contribution in [2.45, 2.75) is 101 Å². The third-order valence-corrected chi connectivity index (χ3v) is 9.60. The number of ether oxygens (including phenoxy) is 1. The molecule has 1 aromatic rings. The Morgan fingerprint density at radius 2 is 1.56 bits per heavy atom. The van der Waals surface area contributed by atoms with Crippen molar-refractivity contribution in [3.63, 3.8) is 0 Å². The van der Waals surface area contributed by atoms with Gasteiger partial charge < -0.3 is 9.84 Å². The second-order valence-electron chi connectivity index (χ2n) is 10.5. The van der Waals surface area contributed by atoms with E-state index in [1.165, 1.54) is 37.1 Å². The van der Waals surface area contributed by atoms with Gasteiger partial charge in [0.1, 0.15) is 11.3 Å². The van der Waals surface area contributed by atoms with Crippen LogP contribution in [0.25, 0.3) is 0 Å². The number of aliphatic hydroxyl groups is 1. The van der Waals surface area contributed by atoms with Crippen molar-refractivity contribution >= 4 is 33.4 Å². The summed E-state index contributed by atoms with van der Waals surface area (Å²) >= 11 is 5.90. The van der Waals surface area contributed by atoms with E-state index in [0.29, 0.717) is 29.7 Å². The molecule has 3 aliphatic rings. The van der Waals surface area contributed by atoms with Gasteiger partial charge in [0, 0.05) is 5.02 Å². The maximum atomic E-state index is 13.2. The summed E-state index contributed by atoms with van der Waals surface area (Å²) in [5.41, 5.74) is -0.414. The van der Waals surface area contributed by atoms with E-state index in [2.05, 4.69) is 4.72 Å². The second-order valence-corrected chi connectivity index (χ2v) is 12.6. The van der Waals surface area contributed by atoms with Crippen LogP contribution in [-0.2, 0) is 24.3 Å². The van der Waals surface area contributed by atoms with Crippen molar-refractivity contribution in [3.8, 4) is 0 Å². The zero-order valence-electron chi connectivity index (χ0n) is 20.6. The Hall–Kier alpha value is -1.90. The van der Waals surface area contributed by atoms with Gasteiger partial charge in [-0.2, -0.15) is 0 Å². The third-order valence-electron chi connectivity index (χ3n) is 7.86. The van der Waals surface area contributed by atoms with Crippen molar-refractivity contribution in [1.29, 1.82) is 0 Å². The van der Waals surface area contributed by atoms with E-state index in [9.17, 15) is 23.1 Å². The molecule has 2 saturated carbocycles. The molecule has 1 heterocycles. The van der Waals surface area contributed by atoms with Gasteiger partial charge in [-0.3, -0.25) is 4.79 Å². The van der Waals surface area contributed by atoms with Crippen LogP contribution in [0.4, 0.5) is 0 Å². The molecule has 0 amide bonds. The molecule has 0 spiro atoms. The van der Waals surface area contributed by atoms with Crippen molar-refractivity contribution in [1.82, 2.24) is 4.72 Å². The van der Waals surface area contributed by atoms with Crippen LogP contribution in [0.5, 0.6) is 0 Å². The number of esters is 1. The molecule has 0 radical (unpaired) electrons. The van der Waals surface area contributed by atoms with Gasteiger partial charge in [0.05, 0.1) is 10.9 Å². The maximum absolute atomic E-state index is 13.2. The van der Waals surface area contributed by atoms with Gasteiger partial charge in [0.15, 0.2) is 6.10 Å². The number of halogens is 1. The maximum Gasteiger partial charge on any atom is 0.346 e. The van der Waals surface area contributed by atoms with Crippen LogP contribution in [0.15, 0.2) is 40.5 Å². The molecule has 3 fully saturated rings. The zero-order chi connectivity index (χ0) is 25.7. The molecule has 7 nitrogen and oxygen atoms in total. The van der Waals surface area contributed by atoms with Crippen LogP contribution in [0, 0.1) is 11.8 Å². The molecule has 1 saturated heterocycles. The first kappa shape index (κ1) is 27.1. The summed E-state index contributed by atoms with van der Waals surface area (Å²) in [4.78, 5) is 25.9. The average molecular weight is 538 g/mol. The summed E-state index contributed by atoms with van der Waals surface area (Å²) in [7, 11) is -4.04. The normalized spacial score (nSPS) is 24.5. The smallest absolute Gasteiger partial charge is 0.346 e. The summed E-state index contributed by atoms with van der Waals surface area (Å²) in [6, 6.07) is 4.59. The van der Waals surface area contributed by atoms with E-state index in [1.54, 1.807) is 0 Å². The van der Waals surface area contributed by atoms with Crippen LogP contribution in [0.2, 0.25) is 5.02 Å². The lowest BCUT2D eigenvalue weighted by molar-refractivity contribution is -0.141. The Labute approximate surface area is 218 Å². The standard InChI is InChI=1S/C27H36ClNO6S/c28-20-12-14-21(15-13-20)36(33,34)29-22(16-11-18-7-3-1-4-8-18)25(30)24-26(31)23(35-27(24)32)17-19-9-5-2-6-10-19/h12-15,18-19,22-23,29-30H,1-11,16-17H2. The highest BCUT2D eigenvalue weighted by atomic mass is 35.5. The molecule has 2 N–H and O–H groups in total. The van der Waals surface area contributed by atoms with E-state index in [-0.39, 0.29) is 11.3 Å². The van der Waals surface area contributed by atoms with Gasteiger partial charge in [-0.05, 0) is 55.4 Å². The molecule has 4 rings (SSSR count). The number of hydrogen-bond donors (Lipinski definition) is 2. The van der Waals surface area contributed by atoms with Gasteiger partial charge >= 0.3 is 5.97 Å². The lowest BCUT2D eigenvalue weighted by Gasteiger charge is -2.25. The van der Waals surface area contributed by atoms with Crippen molar-refractivity contribution in [2.75, 3.05) is 0 Å². The first-order chi connectivity index (χ1) is 17.2. The van der Waals surface area contributed by atoms with Crippen LogP contribution >= 0.6 is 11.6 Å². The molecule has 198 valence electrons. The number of carbonyl (C=O) groups is 2. The fraction of sp³-hybridized carbons (Fsp3) is 0.630.